The first-order valence-corrected chi connectivity index (χ1v) is 9.03. The van der Waals surface area contributed by atoms with Crippen LogP contribution in [0.25, 0.3) is 17.0 Å². The first-order chi connectivity index (χ1) is 14.1. The first kappa shape index (κ1) is 18.5. The highest BCUT2D eigenvalue weighted by Gasteiger charge is 2.12. The number of nitrogens with one attached hydrogen (secondary N) is 1. The predicted molar refractivity (Wildman–Crippen MR) is 111 cm³/mol. The Kier molecular flexibility index (Phi) is 4.87. The number of carbonyl (C=O) groups is 1. The van der Waals surface area contributed by atoms with Gasteiger partial charge in [-0.05, 0) is 43.3 Å². The van der Waals surface area contributed by atoms with Crippen LogP contribution in [0.3, 0.4) is 0 Å². The summed E-state index contributed by atoms with van der Waals surface area (Å²) in [7, 11) is 3.09. The topological polar surface area (TPSA) is 77.8 Å². The molecule has 0 aliphatic rings. The largest absolute Gasteiger partial charge is 0.493 e. The number of anilines is 1. The van der Waals surface area contributed by atoms with Crippen molar-refractivity contribution in [2.45, 2.75) is 6.92 Å². The van der Waals surface area contributed by atoms with Gasteiger partial charge in [0.2, 0.25) is 5.78 Å². The van der Waals surface area contributed by atoms with Gasteiger partial charge < -0.3 is 14.8 Å². The Morgan fingerprint density at radius 2 is 1.72 bits per heavy atom. The van der Waals surface area contributed by atoms with Crippen molar-refractivity contribution in [1.82, 2.24) is 14.4 Å². The molecule has 0 fully saturated rings. The normalized spacial score (nSPS) is 10.7. The van der Waals surface area contributed by atoms with Crippen molar-refractivity contribution in [3.8, 4) is 22.8 Å². The van der Waals surface area contributed by atoms with Gasteiger partial charge in [0.1, 0.15) is 0 Å². The minimum atomic E-state index is -0.230. The number of hydrogen-bond acceptors (Lipinski definition) is 5. The highest BCUT2D eigenvalue weighted by molar-refractivity contribution is 6.04. The first-order valence-electron chi connectivity index (χ1n) is 9.03. The number of imidazole rings is 1. The fourth-order valence-electron chi connectivity index (χ4n) is 3.00. The van der Waals surface area contributed by atoms with Crippen LogP contribution in [-0.2, 0) is 0 Å². The van der Waals surface area contributed by atoms with E-state index in [0.717, 1.165) is 17.0 Å². The highest BCUT2D eigenvalue weighted by Crippen LogP contribution is 2.28. The molecule has 7 nitrogen and oxygen atoms in total. The van der Waals surface area contributed by atoms with Crippen LogP contribution in [-0.4, -0.2) is 34.5 Å². The third-order valence-electron chi connectivity index (χ3n) is 4.55. The number of benzene rings is 2. The Balaban J connectivity index is 1.52. The zero-order chi connectivity index (χ0) is 20.4. The van der Waals surface area contributed by atoms with Crippen LogP contribution in [0.5, 0.6) is 11.5 Å². The fourth-order valence-corrected chi connectivity index (χ4v) is 3.00. The number of amides is 1. The lowest BCUT2D eigenvalue weighted by Crippen LogP contribution is -2.12. The van der Waals surface area contributed by atoms with Crippen molar-refractivity contribution in [1.29, 1.82) is 0 Å². The van der Waals surface area contributed by atoms with Gasteiger partial charge in [0.05, 0.1) is 19.9 Å². The number of ether oxygens (including phenoxy) is 2. The van der Waals surface area contributed by atoms with E-state index in [1.165, 1.54) is 7.11 Å². The maximum atomic E-state index is 12.6. The number of fused-ring (bicyclic) bond motifs is 1. The molecule has 0 saturated carbocycles. The zero-order valence-electron chi connectivity index (χ0n) is 16.3. The maximum Gasteiger partial charge on any atom is 0.255 e. The Labute approximate surface area is 168 Å². The molecule has 2 aromatic carbocycles. The zero-order valence-corrected chi connectivity index (χ0v) is 16.3. The predicted octanol–water partition coefficient (Wildman–Crippen LogP) is 3.97. The summed E-state index contributed by atoms with van der Waals surface area (Å²) in [6.07, 6.45) is 3.87. The lowest BCUT2D eigenvalue weighted by Gasteiger charge is -2.10. The van der Waals surface area contributed by atoms with E-state index in [4.69, 9.17) is 9.47 Å². The molecule has 146 valence electrons. The molecule has 2 heterocycles. The minimum Gasteiger partial charge on any atom is -0.493 e. The lowest BCUT2D eigenvalue weighted by atomic mass is 10.1. The molecule has 0 atom stereocenters. The van der Waals surface area contributed by atoms with Gasteiger partial charge in [-0.15, -0.1) is 0 Å². The molecule has 4 rings (SSSR count). The van der Waals surface area contributed by atoms with E-state index >= 15 is 0 Å². The quantitative estimate of drug-likeness (QED) is 0.560. The van der Waals surface area contributed by atoms with Crippen LogP contribution < -0.4 is 14.8 Å². The van der Waals surface area contributed by atoms with Crippen molar-refractivity contribution in [2.75, 3.05) is 19.5 Å². The third kappa shape index (κ3) is 3.75. The summed E-state index contributed by atoms with van der Waals surface area (Å²) in [6, 6.07) is 14.5. The number of hydrogen-bond donors (Lipinski definition) is 1. The smallest absolute Gasteiger partial charge is 0.255 e. The van der Waals surface area contributed by atoms with Crippen LogP contribution in [0.15, 0.2) is 60.9 Å². The molecule has 29 heavy (non-hydrogen) atoms. The highest BCUT2D eigenvalue weighted by atomic mass is 16.5. The van der Waals surface area contributed by atoms with Gasteiger partial charge in [-0.3, -0.25) is 9.20 Å². The fraction of sp³-hybridized carbons (Fsp3) is 0.136. The van der Waals surface area contributed by atoms with E-state index in [1.54, 1.807) is 25.3 Å². The minimum absolute atomic E-state index is 0.230. The van der Waals surface area contributed by atoms with Crippen molar-refractivity contribution in [2.24, 2.45) is 0 Å². The SMILES string of the molecule is COc1ccc(C(=O)Nc2ccc(-c3cn4ccc(C)nc4n3)cc2)cc1OC. The molecule has 1 N–H and O–H groups in total. The van der Waals surface area contributed by atoms with Gasteiger partial charge in [-0.1, -0.05) is 12.1 Å². The van der Waals surface area contributed by atoms with Gasteiger partial charge in [0.15, 0.2) is 11.5 Å². The van der Waals surface area contributed by atoms with Crippen molar-refractivity contribution in [3.05, 3.63) is 72.2 Å². The van der Waals surface area contributed by atoms with Gasteiger partial charge >= 0.3 is 0 Å². The van der Waals surface area contributed by atoms with E-state index in [-0.39, 0.29) is 5.91 Å². The molecule has 0 spiro atoms. The second kappa shape index (κ2) is 7.63. The van der Waals surface area contributed by atoms with Gasteiger partial charge in [0, 0.05) is 34.9 Å². The average Bonchev–Trinajstić information content (AvgIpc) is 3.16. The summed E-state index contributed by atoms with van der Waals surface area (Å²) in [5.74, 6) is 1.51. The number of carbonyl (C=O) groups excluding carboxylic acids is 1. The molecule has 2 aromatic heterocycles. The van der Waals surface area contributed by atoms with Crippen LogP contribution in [0.2, 0.25) is 0 Å². The van der Waals surface area contributed by atoms with E-state index in [1.807, 2.05) is 54.0 Å². The second-order valence-electron chi connectivity index (χ2n) is 6.50. The molecule has 0 radical (unpaired) electrons. The van der Waals surface area contributed by atoms with Crippen molar-refractivity contribution in [3.63, 3.8) is 0 Å². The third-order valence-corrected chi connectivity index (χ3v) is 4.55. The van der Waals surface area contributed by atoms with E-state index in [2.05, 4.69) is 15.3 Å². The Morgan fingerprint density at radius 1 is 0.966 bits per heavy atom. The maximum absolute atomic E-state index is 12.6. The van der Waals surface area contributed by atoms with E-state index in [0.29, 0.717) is 28.5 Å². The standard InChI is InChI=1S/C22H20N4O3/c1-14-10-11-26-13-18(25-22(26)23-14)15-4-7-17(8-5-15)24-21(27)16-6-9-19(28-2)20(12-16)29-3/h4-13H,1-3H3,(H,24,27). The molecular weight excluding hydrogens is 368 g/mol. The molecule has 0 saturated heterocycles. The van der Waals surface area contributed by atoms with Crippen molar-refractivity contribution < 1.29 is 14.3 Å². The molecule has 7 heteroatoms. The molecule has 0 bridgehead atoms. The molecule has 0 aliphatic carbocycles. The summed E-state index contributed by atoms with van der Waals surface area (Å²) in [5.41, 5.74) is 3.85. The van der Waals surface area contributed by atoms with Crippen LogP contribution >= 0.6 is 0 Å². The number of nitrogens with zero attached hydrogens (tertiary/aromatic N) is 3. The molecule has 0 aliphatic heterocycles. The van der Waals surface area contributed by atoms with Crippen molar-refractivity contribution >= 4 is 17.4 Å². The average molecular weight is 388 g/mol. The summed E-state index contributed by atoms with van der Waals surface area (Å²) < 4.78 is 12.3. The Hall–Kier alpha value is -3.87. The monoisotopic (exact) mass is 388 g/mol. The van der Waals surface area contributed by atoms with Gasteiger partial charge in [-0.2, -0.15) is 0 Å². The van der Waals surface area contributed by atoms with Gasteiger partial charge in [0.25, 0.3) is 5.91 Å². The second-order valence-corrected chi connectivity index (χ2v) is 6.50. The van der Waals surface area contributed by atoms with E-state index < -0.39 is 0 Å². The molecule has 4 aromatic rings. The van der Waals surface area contributed by atoms with Crippen LogP contribution in [0, 0.1) is 6.92 Å². The number of aromatic nitrogens is 3. The summed E-state index contributed by atoms with van der Waals surface area (Å²) in [5, 5.41) is 2.89. The van der Waals surface area contributed by atoms with Crippen LogP contribution in [0.1, 0.15) is 16.1 Å². The number of methoxy groups -OCH3 is 2. The van der Waals surface area contributed by atoms with Gasteiger partial charge in [-0.25, -0.2) is 9.97 Å². The number of aryl methyl sites for hydroxylation is 1. The summed E-state index contributed by atoms with van der Waals surface area (Å²) in [4.78, 5) is 21.5. The number of rotatable bonds is 5. The van der Waals surface area contributed by atoms with E-state index in [9.17, 15) is 4.79 Å². The van der Waals surface area contributed by atoms with Crippen LogP contribution in [0.4, 0.5) is 5.69 Å². The lowest BCUT2D eigenvalue weighted by molar-refractivity contribution is 0.102. The molecule has 0 unspecified atom stereocenters. The summed E-state index contributed by atoms with van der Waals surface area (Å²) in [6.45, 7) is 1.93. The molecular formula is C22H20N4O3. The Morgan fingerprint density at radius 3 is 2.45 bits per heavy atom. The Bertz CT molecular complexity index is 1180. The summed E-state index contributed by atoms with van der Waals surface area (Å²) >= 11 is 0. The molecule has 1 amide bonds.